The molecule has 0 saturated heterocycles. The number of hydrogen-bond acceptors (Lipinski definition) is 6. The predicted octanol–water partition coefficient (Wildman–Crippen LogP) is 5.78. The molecular formula is C28H28N2O4. The first kappa shape index (κ1) is 21.9. The van der Waals surface area contributed by atoms with Crippen molar-refractivity contribution >= 4 is 17.2 Å². The standard InChI is InChI=1S/C28H28N2O4/c1-3-34-25-12-11-17(16-26(25)33-2)19-14-23-27(24(32)15-19)28(18-7-6-8-20(31)13-18)30-22-10-5-4-9-21(22)29-23/h4-13,16,19,28-31H,3,14-15H2,1-2H3. The molecule has 0 aromatic heterocycles. The summed E-state index contributed by atoms with van der Waals surface area (Å²) in [5, 5.41) is 17.2. The Kier molecular flexibility index (Phi) is 5.88. The third-order valence-corrected chi connectivity index (χ3v) is 6.47. The van der Waals surface area contributed by atoms with Crippen LogP contribution in [0.4, 0.5) is 11.4 Å². The summed E-state index contributed by atoms with van der Waals surface area (Å²) in [6.07, 6.45) is 1.08. The van der Waals surface area contributed by atoms with Gasteiger partial charge in [0.15, 0.2) is 17.3 Å². The number of phenolic OH excluding ortho intramolecular Hbond substituents is 1. The van der Waals surface area contributed by atoms with Crippen LogP contribution in [0.15, 0.2) is 78.0 Å². The highest BCUT2D eigenvalue weighted by molar-refractivity contribution is 6.01. The van der Waals surface area contributed by atoms with Crippen molar-refractivity contribution in [2.24, 2.45) is 0 Å². The molecule has 0 radical (unpaired) electrons. The minimum atomic E-state index is -0.360. The van der Waals surface area contributed by atoms with E-state index in [1.54, 1.807) is 25.3 Å². The number of rotatable bonds is 5. The van der Waals surface area contributed by atoms with Gasteiger partial charge in [-0.3, -0.25) is 4.79 Å². The summed E-state index contributed by atoms with van der Waals surface area (Å²) >= 11 is 0. The van der Waals surface area contributed by atoms with E-state index in [0.29, 0.717) is 30.9 Å². The molecular weight excluding hydrogens is 428 g/mol. The fraction of sp³-hybridized carbons (Fsp3) is 0.250. The van der Waals surface area contributed by atoms with Gasteiger partial charge in [-0.2, -0.15) is 0 Å². The summed E-state index contributed by atoms with van der Waals surface area (Å²) < 4.78 is 11.2. The van der Waals surface area contributed by atoms with Gasteiger partial charge in [0.05, 0.1) is 31.1 Å². The van der Waals surface area contributed by atoms with Crippen LogP contribution in [-0.2, 0) is 4.79 Å². The number of nitrogens with one attached hydrogen (secondary N) is 2. The van der Waals surface area contributed by atoms with Crippen molar-refractivity contribution < 1.29 is 19.4 Å². The number of hydrogen-bond donors (Lipinski definition) is 3. The zero-order chi connectivity index (χ0) is 23.7. The Labute approximate surface area is 199 Å². The molecule has 6 heteroatoms. The van der Waals surface area contributed by atoms with Gasteiger partial charge < -0.3 is 25.2 Å². The maximum atomic E-state index is 13.7. The molecule has 2 aliphatic rings. The summed E-state index contributed by atoms with van der Waals surface area (Å²) in [6.45, 7) is 2.49. The van der Waals surface area contributed by atoms with E-state index < -0.39 is 0 Å². The van der Waals surface area contributed by atoms with Crippen LogP contribution in [-0.4, -0.2) is 24.6 Å². The topological polar surface area (TPSA) is 79.8 Å². The molecule has 0 amide bonds. The average Bonchev–Trinajstić information content (AvgIpc) is 3.01. The summed E-state index contributed by atoms with van der Waals surface area (Å²) in [6, 6.07) is 20.6. The molecule has 3 aromatic carbocycles. The summed E-state index contributed by atoms with van der Waals surface area (Å²) in [4.78, 5) is 13.7. The number of fused-ring (bicyclic) bond motifs is 1. The Morgan fingerprint density at radius 1 is 0.941 bits per heavy atom. The van der Waals surface area contributed by atoms with Crippen LogP contribution in [0.3, 0.4) is 0 Å². The van der Waals surface area contributed by atoms with Crippen molar-refractivity contribution in [1.29, 1.82) is 0 Å². The number of benzene rings is 3. The lowest BCUT2D eigenvalue weighted by Crippen LogP contribution is -2.26. The molecule has 0 saturated carbocycles. The van der Waals surface area contributed by atoms with Crippen molar-refractivity contribution in [3.05, 3.63) is 89.1 Å². The van der Waals surface area contributed by atoms with E-state index in [9.17, 15) is 9.90 Å². The van der Waals surface area contributed by atoms with Gasteiger partial charge in [0.25, 0.3) is 0 Å². The lowest BCUT2D eigenvalue weighted by atomic mass is 9.78. The zero-order valence-electron chi connectivity index (χ0n) is 19.3. The van der Waals surface area contributed by atoms with Crippen LogP contribution in [0.2, 0.25) is 0 Å². The highest BCUT2D eigenvalue weighted by Crippen LogP contribution is 2.45. The molecule has 2 unspecified atom stereocenters. The van der Waals surface area contributed by atoms with E-state index >= 15 is 0 Å². The summed E-state index contributed by atoms with van der Waals surface area (Å²) in [5.74, 6) is 1.64. The lowest BCUT2D eigenvalue weighted by Gasteiger charge is -2.30. The van der Waals surface area contributed by atoms with Crippen molar-refractivity contribution in [3.8, 4) is 17.2 Å². The number of carbonyl (C=O) groups excluding carboxylic acids is 1. The number of allylic oxidation sites excluding steroid dienone is 1. The van der Waals surface area contributed by atoms with Crippen LogP contribution >= 0.6 is 0 Å². The molecule has 1 heterocycles. The minimum Gasteiger partial charge on any atom is -0.508 e. The Balaban J connectivity index is 1.56. The molecule has 1 aliphatic heterocycles. The van der Waals surface area contributed by atoms with Crippen LogP contribution in [0, 0.1) is 0 Å². The molecule has 34 heavy (non-hydrogen) atoms. The van der Waals surface area contributed by atoms with Crippen LogP contribution < -0.4 is 20.1 Å². The number of ketones is 1. The second kappa shape index (κ2) is 9.14. The van der Waals surface area contributed by atoms with Crippen LogP contribution in [0.5, 0.6) is 17.2 Å². The number of carbonyl (C=O) groups is 1. The van der Waals surface area contributed by atoms with Gasteiger partial charge in [0, 0.05) is 17.7 Å². The Morgan fingerprint density at radius 3 is 2.53 bits per heavy atom. The molecule has 6 nitrogen and oxygen atoms in total. The van der Waals surface area contributed by atoms with Gasteiger partial charge in [-0.15, -0.1) is 0 Å². The Bertz CT molecular complexity index is 1270. The van der Waals surface area contributed by atoms with E-state index in [-0.39, 0.29) is 23.5 Å². The zero-order valence-corrected chi connectivity index (χ0v) is 19.3. The molecule has 3 aromatic rings. The highest BCUT2D eigenvalue weighted by atomic mass is 16.5. The molecule has 3 N–H and O–H groups in total. The van der Waals surface area contributed by atoms with Gasteiger partial charge in [0.1, 0.15) is 5.75 Å². The fourth-order valence-corrected chi connectivity index (χ4v) is 4.90. The molecule has 0 bridgehead atoms. The average molecular weight is 457 g/mol. The molecule has 174 valence electrons. The van der Waals surface area contributed by atoms with Crippen molar-refractivity contribution in [3.63, 3.8) is 0 Å². The maximum Gasteiger partial charge on any atom is 0.163 e. The normalized spacial score (nSPS) is 19.3. The first-order valence-corrected chi connectivity index (χ1v) is 11.6. The van der Waals surface area contributed by atoms with Gasteiger partial charge in [-0.1, -0.05) is 30.3 Å². The van der Waals surface area contributed by atoms with Crippen molar-refractivity contribution in [2.75, 3.05) is 24.4 Å². The van der Waals surface area contributed by atoms with Crippen LogP contribution in [0.25, 0.3) is 0 Å². The molecule has 0 spiro atoms. The van der Waals surface area contributed by atoms with Gasteiger partial charge in [0.2, 0.25) is 0 Å². The fourth-order valence-electron chi connectivity index (χ4n) is 4.90. The van der Waals surface area contributed by atoms with Crippen LogP contribution in [0.1, 0.15) is 42.9 Å². The third-order valence-electron chi connectivity index (χ3n) is 6.47. The second-order valence-electron chi connectivity index (χ2n) is 8.61. The first-order valence-electron chi connectivity index (χ1n) is 11.6. The van der Waals surface area contributed by atoms with Gasteiger partial charge >= 0.3 is 0 Å². The third kappa shape index (κ3) is 4.07. The Hall–Kier alpha value is -3.93. The van der Waals surface area contributed by atoms with E-state index in [4.69, 9.17) is 9.47 Å². The number of para-hydroxylation sites is 2. The predicted molar refractivity (Wildman–Crippen MR) is 133 cm³/mol. The molecule has 1 aliphatic carbocycles. The van der Waals surface area contributed by atoms with Crippen molar-refractivity contribution in [2.45, 2.75) is 31.7 Å². The minimum absolute atomic E-state index is 0.0124. The smallest absolute Gasteiger partial charge is 0.163 e. The summed E-state index contributed by atoms with van der Waals surface area (Å²) in [7, 11) is 1.63. The maximum absolute atomic E-state index is 13.7. The number of phenols is 1. The largest absolute Gasteiger partial charge is 0.508 e. The van der Waals surface area contributed by atoms with E-state index in [2.05, 4.69) is 10.6 Å². The van der Waals surface area contributed by atoms with Crippen molar-refractivity contribution in [1.82, 2.24) is 0 Å². The molecule has 2 atom stereocenters. The number of ether oxygens (including phenoxy) is 2. The quantitative estimate of drug-likeness (QED) is 0.452. The number of Topliss-reactive ketones (excluding diaryl/α,β-unsaturated/α-hetero) is 1. The molecule has 0 fully saturated rings. The Morgan fingerprint density at radius 2 is 1.76 bits per heavy atom. The number of methoxy groups -OCH3 is 1. The summed E-state index contributed by atoms with van der Waals surface area (Å²) in [5.41, 5.74) is 5.35. The monoisotopic (exact) mass is 456 g/mol. The first-order chi connectivity index (χ1) is 16.6. The number of anilines is 2. The second-order valence-corrected chi connectivity index (χ2v) is 8.61. The lowest BCUT2D eigenvalue weighted by molar-refractivity contribution is -0.116. The molecule has 5 rings (SSSR count). The van der Waals surface area contributed by atoms with E-state index in [0.717, 1.165) is 33.8 Å². The number of aromatic hydroxyl groups is 1. The van der Waals surface area contributed by atoms with E-state index in [1.165, 1.54) is 0 Å². The van der Waals surface area contributed by atoms with Gasteiger partial charge in [-0.25, -0.2) is 0 Å². The highest BCUT2D eigenvalue weighted by Gasteiger charge is 2.36. The SMILES string of the molecule is CCOc1ccc(C2CC(=O)C3=C(C2)Nc2ccccc2NC3c2cccc(O)c2)cc1OC. The van der Waals surface area contributed by atoms with Gasteiger partial charge in [-0.05, 0) is 66.8 Å². The van der Waals surface area contributed by atoms with E-state index in [1.807, 2.05) is 55.5 Å².